The monoisotopic (exact) mass is 464 g/mol. The molecular formula is C19H18Br2N2O2. The van der Waals surface area contributed by atoms with Crippen LogP contribution in [0.3, 0.4) is 0 Å². The third kappa shape index (κ3) is 3.96. The van der Waals surface area contributed by atoms with E-state index in [1.165, 1.54) is 0 Å². The number of rotatable bonds is 3. The molecule has 1 heterocycles. The molecule has 2 amide bonds. The van der Waals surface area contributed by atoms with Gasteiger partial charge in [0, 0.05) is 33.3 Å². The lowest BCUT2D eigenvalue weighted by Gasteiger charge is -2.17. The van der Waals surface area contributed by atoms with Crippen LogP contribution in [0.15, 0.2) is 45.3 Å². The van der Waals surface area contributed by atoms with Gasteiger partial charge in [0.2, 0.25) is 11.8 Å². The summed E-state index contributed by atoms with van der Waals surface area (Å²) in [5.74, 6) is -0.483. The Morgan fingerprint density at radius 2 is 1.80 bits per heavy atom. The van der Waals surface area contributed by atoms with Crippen LogP contribution in [0.25, 0.3) is 0 Å². The van der Waals surface area contributed by atoms with Crippen molar-refractivity contribution in [3.8, 4) is 0 Å². The van der Waals surface area contributed by atoms with Crippen molar-refractivity contribution in [1.29, 1.82) is 0 Å². The van der Waals surface area contributed by atoms with E-state index in [9.17, 15) is 9.59 Å². The molecule has 0 radical (unpaired) electrons. The van der Waals surface area contributed by atoms with Gasteiger partial charge < -0.3 is 10.2 Å². The largest absolute Gasteiger partial charge is 0.326 e. The Bertz CT molecular complexity index is 834. The summed E-state index contributed by atoms with van der Waals surface area (Å²) in [5.41, 5.74) is 3.65. The van der Waals surface area contributed by atoms with Crippen LogP contribution in [0.4, 0.5) is 11.4 Å². The van der Waals surface area contributed by atoms with Gasteiger partial charge in [0.15, 0.2) is 0 Å². The summed E-state index contributed by atoms with van der Waals surface area (Å²) in [5, 5.41) is 2.98. The number of amides is 2. The Morgan fingerprint density at radius 3 is 2.48 bits per heavy atom. The second kappa shape index (κ2) is 7.30. The van der Waals surface area contributed by atoms with E-state index in [0.29, 0.717) is 6.54 Å². The van der Waals surface area contributed by atoms with Gasteiger partial charge in [0.05, 0.1) is 5.92 Å². The van der Waals surface area contributed by atoms with Gasteiger partial charge in [-0.05, 0) is 61.4 Å². The first kappa shape index (κ1) is 18.1. The number of nitrogens with one attached hydrogen (secondary N) is 1. The normalized spacial score (nSPS) is 17.0. The third-order valence-electron chi connectivity index (χ3n) is 4.40. The highest BCUT2D eigenvalue weighted by Crippen LogP contribution is 2.29. The molecule has 0 spiro atoms. The third-order valence-corrected chi connectivity index (χ3v) is 5.78. The molecule has 1 fully saturated rings. The molecule has 1 aliphatic rings. The Hall–Kier alpha value is -1.66. The van der Waals surface area contributed by atoms with Crippen LogP contribution in [0, 0.1) is 19.8 Å². The van der Waals surface area contributed by atoms with Gasteiger partial charge >= 0.3 is 0 Å². The summed E-state index contributed by atoms with van der Waals surface area (Å²) in [6.07, 6.45) is 0.233. The van der Waals surface area contributed by atoms with Gasteiger partial charge in [-0.15, -0.1) is 0 Å². The van der Waals surface area contributed by atoms with E-state index >= 15 is 0 Å². The molecule has 2 aromatic rings. The topological polar surface area (TPSA) is 49.4 Å². The molecular weight excluding hydrogens is 448 g/mol. The Balaban J connectivity index is 1.73. The highest BCUT2D eigenvalue weighted by atomic mass is 79.9. The molecule has 4 nitrogen and oxygen atoms in total. The Labute approximate surface area is 163 Å². The fourth-order valence-corrected chi connectivity index (χ4v) is 3.63. The Kier molecular flexibility index (Phi) is 5.29. The summed E-state index contributed by atoms with van der Waals surface area (Å²) in [4.78, 5) is 26.6. The molecule has 1 saturated heterocycles. The number of nitrogens with zero attached hydrogens (tertiary/aromatic N) is 1. The fourth-order valence-electron chi connectivity index (χ4n) is 2.90. The van der Waals surface area contributed by atoms with Crippen molar-refractivity contribution in [1.82, 2.24) is 0 Å². The van der Waals surface area contributed by atoms with Gasteiger partial charge in [-0.2, -0.15) is 0 Å². The van der Waals surface area contributed by atoms with Crippen molar-refractivity contribution in [3.63, 3.8) is 0 Å². The van der Waals surface area contributed by atoms with Crippen molar-refractivity contribution in [2.24, 2.45) is 5.92 Å². The van der Waals surface area contributed by atoms with E-state index in [4.69, 9.17) is 0 Å². The number of halogens is 2. The minimum absolute atomic E-state index is 0.0221. The van der Waals surface area contributed by atoms with E-state index in [2.05, 4.69) is 37.2 Å². The van der Waals surface area contributed by atoms with Crippen LogP contribution in [0.5, 0.6) is 0 Å². The van der Waals surface area contributed by atoms with Crippen LogP contribution >= 0.6 is 31.9 Å². The summed E-state index contributed by atoms with van der Waals surface area (Å²) < 4.78 is 1.97. The van der Waals surface area contributed by atoms with Crippen molar-refractivity contribution >= 4 is 55.0 Å². The summed E-state index contributed by atoms with van der Waals surface area (Å²) in [7, 11) is 0. The lowest BCUT2D eigenvalue weighted by Crippen LogP contribution is -2.28. The maximum absolute atomic E-state index is 12.6. The smallest absolute Gasteiger partial charge is 0.229 e. The van der Waals surface area contributed by atoms with E-state index in [1.54, 1.807) is 4.90 Å². The summed E-state index contributed by atoms with van der Waals surface area (Å²) in [6, 6.07) is 11.5. The minimum atomic E-state index is -0.348. The van der Waals surface area contributed by atoms with E-state index in [0.717, 1.165) is 31.4 Å². The van der Waals surface area contributed by atoms with Gasteiger partial charge in [0.25, 0.3) is 0 Å². The predicted molar refractivity (Wildman–Crippen MR) is 107 cm³/mol. The maximum atomic E-state index is 12.6. The lowest BCUT2D eigenvalue weighted by atomic mass is 10.1. The molecule has 0 aromatic heterocycles. The zero-order chi connectivity index (χ0) is 18.1. The molecule has 2 aromatic carbocycles. The molecule has 1 atom stereocenters. The quantitative estimate of drug-likeness (QED) is 0.706. The first-order valence-corrected chi connectivity index (χ1v) is 9.57. The summed E-state index contributed by atoms with van der Waals surface area (Å²) in [6.45, 7) is 4.34. The number of hydrogen-bond donors (Lipinski definition) is 1. The van der Waals surface area contributed by atoms with E-state index in [1.807, 2.05) is 50.2 Å². The first-order chi connectivity index (χ1) is 11.8. The highest BCUT2D eigenvalue weighted by Gasteiger charge is 2.35. The summed E-state index contributed by atoms with van der Waals surface area (Å²) >= 11 is 6.88. The molecule has 1 aliphatic heterocycles. The van der Waals surface area contributed by atoms with Crippen LogP contribution in [-0.4, -0.2) is 18.4 Å². The van der Waals surface area contributed by atoms with Gasteiger partial charge in [-0.3, -0.25) is 9.59 Å². The molecule has 6 heteroatoms. The predicted octanol–water partition coefficient (Wildman–Crippen LogP) is 4.82. The lowest BCUT2D eigenvalue weighted by molar-refractivity contribution is -0.122. The molecule has 3 rings (SSSR count). The van der Waals surface area contributed by atoms with Crippen molar-refractivity contribution in [2.45, 2.75) is 20.3 Å². The highest BCUT2D eigenvalue weighted by molar-refractivity contribution is 9.10. The molecule has 0 unspecified atom stereocenters. The van der Waals surface area contributed by atoms with Crippen LogP contribution in [-0.2, 0) is 9.59 Å². The zero-order valence-electron chi connectivity index (χ0n) is 14.0. The van der Waals surface area contributed by atoms with Crippen LogP contribution in [0.2, 0.25) is 0 Å². The Morgan fingerprint density at radius 1 is 1.12 bits per heavy atom. The molecule has 130 valence electrons. The molecule has 1 N–H and O–H groups in total. The maximum Gasteiger partial charge on any atom is 0.229 e. The number of anilines is 2. The molecule has 25 heavy (non-hydrogen) atoms. The van der Waals surface area contributed by atoms with E-state index < -0.39 is 0 Å². The second-order valence-electron chi connectivity index (χ2n) is 6.29. The van der Waals surface area contributed by atoms with Crippen molar-refractivity contribution in [3.05, 3.63) is 56.5 Å². The van der Waals surface area contributed by atoms with Crippen molar-refractivity contribution in [2.75, 3.05) is 16.8 Å². The SMILES string of the molecule is Cc1cc(NC(=O)[C@@H]2CC(=O)N(c3ccc(Br)cc3)C2)c(C)cc1Br. The standard InChI is InChI=1S/C19H18Br2N2O2/c1-11-8-17(12(2)7-16(11)21)22-19(25)13-9-18(24)23(10-13)15-5-3-14(20)4-6-15/h3-8,13H,9-10H2,1-2H3,(H,22,25)/t13-/m1/s1. The van der Waals surface area contributed by atoms with Gasteiger partial charge in [-0.25, -0.2) is 0 Å². The average Bonchev–Trinajstić information content (AvgIpc) is 2.95. The number of hydrogen-bond acceptors (Lipinski definition) is 2. The van der Waals surface area contributed by atoms with Gasteiger partial charge in [-0.1, -0.05) is 31.9 Å². The number of aryl methyl sites for hydroxylation is 2. The van der Waals surface area contributed by atoms with Crippen molar-refractivity contribution < 1.29 is 9.59 Å². The number of carbonyl (C=O) groups excluding carboxylic acids is 2. The average molecular weight is 466 g/mol. The van der Waals surface area contributed by atoms with Gasteiger partial charge in [0.1, 0.15) is 0 Å². The van der Waals surface area contributed by atoms with Crippen LogP contribution in [0.1, 0.15) is 17.5 Å². The number of benzene rings is 2. The zero-order valence-corrected chi connectivity index (χ0v) is 17.1. The number of carbonyl (C=O) groups is 2. The van der Waals surface area contributed by atoms with Crippen LogP contribution < -0.4 is 10.2 Å². The van der Waals surface area contributed by atoms with E-state index in [-0.39, 0.29) is 24.2 Å². The fraction of sp³-hybridized carbons (Fsp3) is 0.263. The second-order valence-corrected chi connectivity index (χ2v) is 8.06. The molecule has 0 aliphatic carbocycles. The minimum Gasteiger partial charge on any atom is -0.326 e. The first-order valence-electron chi connectivity index (χ1n) is 7.98. The molecule has 0 saturated carbocycles. The molecule has 0 bridgehead atoms.